The number of hydrogen-bond acceptors (Lipinski definition) is 3. The summed E-state index contributed by atoms with van der Waals surface area (Å²) in [7, 11) is 0. The second-order valence-electron chi connectivity index (χ2n) is 8.59. The number of piperazine rings is 1. The Labute approximate surface area is 183 Å². The summed E-state index contributed by atoms with van der Waals surface area (Å²) in [5.74, 6) is 1.20. The average molecular weight is 464 g/mol. The SMILES string of the molecule is CCC(C)CNC(=O)C(C1CCCC1)N1CCN(C(=O)c2cccc(Br)c2)CC1. The van der Waals surface area contributed by atoms with Crippen LogP contribution in [0.3, 0.4) is 0 Å². The Hall–Kier alpha value is -1.40. The predicted octanol–water partition coefficient (Wildman–Crippen LogP) is 3.93. The highest BCUT2D eigenvalue weighted by atomic mass is 79.9. The van der Waals surface area contributed by atoms with Gasteiger partial charge in [-0.3, -0.25) is 14.5 Å². The van der Waals surface area contributed by atoms with E-state index in [1.807, 2.05) is 29.2 Å². The van der Waals surface area contributed by atoms with Crippen molar-refractivity contribution in [2.75, 3.05) is 32.7 Å². The Balaban J connectivity index is 1.61. The quantitative estimate of drug-likeness (QED) is 0.666. The maximum absolute atomic E-state index is 13.1. The van der Waals surface area contributed by atoms with Crippen molar-refractivity contribution in [1.82, 2.24) is 15.1 Å². The van der Waals surface area contributed by atoms with Gasteiger partial charge in [0.1, 0.15) is 0 Å². The van der Waals surface area contributed by atoms with Crippen LogP contribution in [-0.4, -0.2) is 60.4 Å². The molecule has 1 N–H and O–H groups in total. The van der Waals surface area contributed by atoms with Crippen LogP contribution in [0.1, 0.15) is 56.3 Å². The third kappa shape index (κ3) is 5.82. The van der Waals surface area contributed by atoms with E-state index in [1.54, 1.807) is 0 Å². The third-order valence-electron chi connectivity index (χ3n) is 6.50. The monoisotopic (exact) mass is 463 g/mol. The largest absolute Gasteiger partial charge is 0.354 e. The van der Waals surface area contributed by atoms with E-state index in [0.29, 0.717) is 30.5 Å². The lowest BCUT2D eigenvalue weighted by molar-refractivity contribution is -0.129. The highest BCUT2D eigenvalue weighted by Gasteiger charge is 2.37. The number of amides is 2. The molecule has 3 rings (SSSR count). The van der Waals surface area contributed by atoms with Gasteiger partial charge in [0.05, 0.1) is 6.04 Å². The normalized spacial score (nSPS) is 20.4. The van der Waals surface area contributed by atoms with Gasteiger partial charge in [0.2, 0.25) is 5.91 Å². The van der Waals surface area contributed by atoms with E-state index in [0.717, 1.165) is 43.4 Å². The summed E-state index contributed by atoms with van der Waals surface area (Å²) >= 11 is 3.44. The third-order valence-corrected chi connectivity index (χ3v) is 7.00. The van der Waals surface area contributed by atoms with Gasteiger partial charge in [-0.25, -0.2) is 0 Å². The Kier molecular flexibility index (Phi) is 8.13. The molecule has 29 heavy (non-hydrogen) atoms. The van der Waals surface area contributed by atoms with Crippen LogP contribution < -0.4 is 5.32 Å². The van der Waals surface area contributed by atoms with Gasteiger partial charge in [-0.1, -0.05) is 55.1 Å². The first-order valence-corrected chi connectivity index (χ1v) is 11.9. The number of nitrogens with zero attached hydrogens (tertiary/aromatic N) is 2. The van der Waals surface area contributed by atoms with Crippen LogP contribution in [0.4, 0.5) is 0 Å². The molecule has 2 unspecified atom stereocenters. The first kappa shape index (κ1) is 22.3. The zero-order chi connectivity index (χ0) is 20.8. The second-order valence-corrected chi connectivity index (χ2v) is 9.50. The first-order chi connectivity index (χ1) is 14.0. The fourth-order valence-corrected chi connectivity index (χ4v) is 4.88. The first-order valence-electron chi connectivity index (χ1n) is 11.1. The number of nitrogens with one attached hydrogen (secondary N) is 1. The van der Waals surface area contributed by atoms with Gasteiger partial charge >= 0.3 is 0 Å². The Morgan fingerprint density at radius 3 is 2.48 bits per heavy atom. The van der Waals surface area contributed by atoms with E-state index >= 15 is 0 Å². The topological polar surface area (TPSA) is 52.7 Å². The van der Waals surface area contributed by atoms with Gasteiger partial charge < -0.3 is 10.2 Å². The van der Waals surface area contributed by atoms with Gasteiger partial charge in [0.25, 0.3) is 5.91 Å². The molecule has 1 saturated carbocycles. The summed E-state index contributed by atoms with van der Waals surface area (Å²) in [6.45, 7) is 7.96. The molecule has 1 saturated heterocycles. The Morgan fingerprint density at radius 1 is 1.17 bits per heavy atom. The van der Waals surface area contributed by atoms with Crippen LogP contribution in [-0.2, 0) is 4.79 Å². The molecule has 2 aliphatic rings. The van der Waals surface area contributed by atoms with E-state index in [4.69, 9.17) is 0 Å². The minimum atomic E-state index is -0.0512. The van der Waals surface area contributed by atoms with Crippen molar-refractivity contribution in [3.05, 3.63) is 34.3 Å². The van der Waals surface area contributed by atoms with Crippen LogP contribution >= 0.6 is 15.9 Å². The van der Waals surface area contributed by atoms with Crippen molar-refractivity contribution < 1.29 is 9.59 Å². The molecule has 2 fully saturated rings. The summed E-state index contributed by atoms with van der Waals surface area (Å²) in [6, 6.07) is 7.51. The number of rotatable bonds is 7. The molecule has 2 atom stereocenters. The van der Waals surface area contributed by atoms with Crippen LogP contribution in [0, 0.1) is 11.8 Å². The maximum atomic E-state index is 13.1. The smallest absolute Gasteiger partial charge is 0.253 e. The molecule has 1 aliphatic heterocycles. The molecule has 1 heterocycles. The molecular weight excluding hydrogens is 430 g/mol. The summed E-state index contributed by atoms with van der Waals surface area (Å²) in [6.07, 6.45) is 5.80. The Morgan fingerprint density at radius 2 is 1.86 bits per heavy atom. The van der Waals surface area contributed by atoms with E-state index < -0.39 is 0 Å². The van der Waals surface area contributed by atoms with Crippen molar-refractivity contribution in [3.63, 3.8) is 0 Å². The fourth-order valence-electron chi connectivity index (χ4n) is 4.48. The molecule has 1 aromatic carbocycles. The zero-order valence-corrected chi connectivity index (χ0v) is 19.3. The van der Waals surface area contributed by atoms with Crippen LogP contribution in [0.15, 0.2) is 28.7 Å². The molecule has 5 nitrogen and oxygen atoms in total. The summed E-state index contributed by atoms with van der Waals surface area (Å²) in [5.41, 5.74) is 0.714. The number of halogens is 1. The highest BCUT2D eigenvalue weighted by molar-refractivity contribution is 9.10. The predicted molar refractivity (Wildman–Crippen MR) is 120 cm³/mol. The molecule has 0 aromatic heterocycles. The molecule has 1 aliphatic carbocycles. The number of carbonyl (C=O) groups excluding carboxylic acids is 2. The van der Waals surface area contributed by atoms with E-state index in [-0.39, 0.29) is 17.9 Å². The van der Waals surface area contributed by atoms with Gasteiger partial charge in [0.15, 0.2) is 0 Å². The standard InChI is InChI=1S/C23H34BrN3O2/c1-3-17(2)16-25-22(28)21(18-7-4-5-8-18)26-11-13-27(14-12-26)23(29)19-9-6-10-20(24)15-19/h6,9-10,15,17-18,21H,3-5,7-8,11-14,16H2,1-2H3,(H,25,28). The Bertz CT molecular complexity index is 697. The molecule has 0 spiro atoms. The number of hydrogen-bond donors (Lipinski definition) is 1. The summed E-state index contributed by atoms with van der Waals surface area (Å²) in [5, 5.41) is 3.21. The lowest BCUT2D eigenvalue weighted by atomic mass is 9.94. The molecule has 0 bridgehead atoms. The van der Waals surface area contributed by atoms with Gasteiger partial charge in [-0.2, -0.15) is 0 Å². The lowest BCUT2D eigenvalue weighted by Gasteiger charge is -2.41. The van der Waals surface area contributed by atoms with Crippen molar-refractivity contribution in [2.24, 2.45) is 11.8 Å². The molecule has 1 aromatic rings. The zero-order valence-electron chi connectivity index (χ0n) is 17.7. The maximum Gasteiger partial charge on any atom is 0.253 e. The van der Waals surface area contributed by atoms with Crippen molar-refractivity contribution in [1.29, 1.82) is 0 Å². The van der Waals surface area contributed by atoms with Crippen LogP contribution in [0.25, 0.3) is 0 Å². The number of benzene rings is 1. The highest BCUT2D eigenvalue weighted by Crippen LogP contribution is 2.31. The minimum absolute atomic E-state index is 0.0512. The molecule has 0 radical (unpaired) electrons. The van der Waals surface area contributed by atoms with Crippen LogP contribution in [0.2, 0.25) is 0 Å². The molecular formula is C23H34BrN3O2. The summed E-state index contributed by atoms with van der Waals surface area (Å²) < 4.78 is 0.918. The van der Waals surface area contributed by atoms with Gasteiger partial charge in [-0.05, 0) is 42.9 Å². The molecule has 6 heteroatoms. The molecule has 2 amide bonds. The van der Waals surface area contributed by atoms with Gasteiger partial charge in [-0.15, -0.1) is 0 Å². The second kappa shape index (κ2) is 10.6. The van der Waals surface area contributed by atoms with Crippen molar-refractivity contribution in [3.8, 4) is 0 Å². The van der Waals surface area contributed by atoms with Crippen LogP contribution in [0.5, 0.6) is 0 Å². The molecule has 160 valence electrons. The lowest BCUT2D eigenvalue weighted by Crippen LogP contribution is -2.58. The van der Waals surface area contributed by atoms with Gasteiger partial charge in [0, 0.05) is 42.8 Å². The number of carbonyl (C=O) groups is 2. The average Bonchev–Trinajstić information content (AvgIpc) is 3.26. The fraction of sp³-hybridized carbons (Fsp3) is 0.652. The van der Waals surface area contributed by atoms with E-state index in [1.165, 1.54) is 12.8 Å². The van der Waals surface area contributed by atoms with Crippen molar-refractivity contribution in [2.45, 2.75) is 52.0 Å². The van der Waals surface area contributed by atoms with E-state index in [2.05, 4.69) is 40.0 Å². The minimum Gasteiger partial charge on any atom is -0.354 e. The van der Waals surface area contributed by atoms with E-state index in [9.17, 15) is 9.59 Å². The van der Waals surface area contributed by atoms with Crippen molar-refractivity contribution >= 4 is 27.7 Å². The summed E-state index contributed by atoms with van der Waals surface area (Å²) in [4.78, 5) is 30.2.